The first-order valence-electron chi connectivity index (χ1n) is 13.4. The number of primary amides is 1. The number of rotatable bonds is 17. The van der Waals surface area contributed by atoms with Crippen LogP contribution in [0.4, 0.5) is 0 Å². The van der Waals surface area contributed by atoms with Crippen molar-refractivity contribution in [2.24, 2.45) is 11.5 Å². The van der Waals surface area contributed by atoms with Crippen molar-refractivity contribution in [2.45, 2.75) is 62.7 Å². The number of H-pyrrole nitrogens is 2. The molecule has 0 radical (unpaired) electrons. The van der Waals surface area contributed by atoms with Crippen LogP contribution < -0.4 is 27.4 Å². The monoisotopic (exact) mass is 598 g/mol. The van der Waals surface area contributed by atoms with Crippen LogP contribution in [0.1, 0.15) is 36.9 Å². The van der Waals surface area contributed by atoms with Gasteiger partial charge in [-0.2, -0.15) is 0 Å². The lowest BCUT2D eigenvalue weighted by atomic mass is 10.0. The number of para-hydroxylation sites is 1. The first kappa shape index (κ1) is 32.3. The summed E-state index contributed by atoms with van der Waals surface area (Å²) in [5, 5.41) is 27.1. The second-order valence-corrected chi connectivity index (χ2v) is 9.91. The zero-order chi connectivity index (χ0) is 31.5. The first-order valence-corrected chi connectivity index (χ1v) is 13.4. The van der Waals surface area contributed by atoms with Crippen molar-refractivity contribution in [1.29, 1.82) is 0 Å². The molecule has 230 valence electrons. The molecular weight excluding hydrogens is 564 g/mol. The van der Waals surface area contributed by atoms with Gasteiger partial charge in [0.1, 0.15) is 18.1 Å². The van der Waals surface area contributed by atoms with Crippen LogP contribution in [0.15, 0.2) is 43.0 Å². The van der Waals surface area contributed by atoms with Crippen molar-refractivity contribution >= 4 is 46.5 Å². The van der Waals surface area contributed by atoms with Gasteiger partial charge in [0.25, 0.3) is 0 Å². The molecule has 11 N–H and O–H groups in total. The van der Waals surface area contributed by atoms with Crippen LogP contribution in [0.3, 0.4) is 0 Å². The quantitative estimate of drug-likeness (QED) is 0.0883. The molecular formula is C27H34N8O8. The molecule has 2 aromatic heterocycles. The van der Waals surface area contributed by atoms with Crippen LogP contribution >= 0.6 is 0 Å². The Bertz CT molecular complexity index is 1450. The van der Waals surface area contributed by atoms with Gasteiger partial charge >= 0.3 is 11.9 Å². The SMILES string of the molecule is NC(=O)CCC(N)C(=O)NC(Cc1cnc[nH]1)C(=O)NC(CCC(=O)O)C(=O)NC(Cc1c[nH]c2ccccc12)C(=O)O. The smallest absolute Gasteiger partial charge is 0.326 e. The molecule has 43 heavy (non-hydrogen) atoms. The minimum Gasteiger partial charge on any atom is -0.481 e. The number of carboxylic acid groups (broad SMARTS) is 2. The Balaban J connectivity index is 1.77. The summed E-state index contributed by atoms with van der Waals surface area (Å²) < 4.78 is 0. The lowest BCUT2D eigenvalue weighted by molar-refractivity contribution is -0.143. The van der Waals surface area contributed by atoms with E-state index >= 15 is 0 Å². The van der Waals surface area contributed by atoms with Gasteiger partial charge in [-0.25, -0.2) is 9.78 Å². The number of carboxylic acids is 2. The third-order valence-electron chi connectivity index (χ3n) is 6.64. The standard InChI is InChI=1S/C27H34N8O8/c28-17(5-7-22(29)36)24(39)34-20(10-15-12-30-13-32-15)26(41)33-19(6-8-23(37)38)25(40)35-21(27(42)43)9-14-11-31-18-4-2-1-3-16(14)18/h1-4,11-13,17,19-21,31H,5-10,28H2,(H2,29,36)(H,30,32)(H,33,41)(H,34,39)(H,35,40)(H,37,38)(H,42,43). The second-order valence-electron chi connectivity index (χ2n) is 9.91. The number of hydrogen-bond donors (Lipinski definition) is 9. The summed E-state index contributed by atoms with van der Waals surface area (Å²) >= 11 is 0. The third kappa shape index (κ3) is 9.67. The van der Waals surface area contributed by atoms with Gasteiger partial charge in [0.15, 0.2) is 0 Å². The number of benzene rings is 1. The summed E-state index contributed by atoms with van der Waals surface area (Å²) in [6.45, 7) is 0. The van der Waals surface area contributed by atoms with Gasteiger partial charge in [-0.3, -0.25) is 24.0 Å². The molecule has 4 amide bonds. The molecule has 0 saturated carbocycles. The van der Waals surface area contributed by atoms with Crippen LogP contribution in [0.25, 0.3) is 10.9 Å². The third-order valence-corrected chi connectivity index (χ3v) is 6.64. The van der Waals surface area contributed by atoms with Crippen molar-refractivity contribution in [3.05, 3.63) is 54.2 Å². The number of nitrogens with one attached hydrogen (secondary N) is 5. The van der Waals surface area contributed by atoms with Gasteiger partial charge in [0.2, 0.25) is 23.6 Å². The van der Waals surface area contributed by atoms with E-state index in [9.17, 15) is 39.0 Å². The highest BCUT2D eigenvalue weighted by molar-refractivity contribution is 5.94. The van der Waals surface area contributed by atoms with E-state index in [2.05, 4.69) is 30.9 Å². The summed E-state index contributed by atoms with van der Waals surface area (Å²) in [7, 11) is 0. The normalized spacial score (nSPS) is 13.8. The summed E-state index contributed by atoms with van der Waals surface area (Å²) in [4.78, 5) is 83.4. The average Bonchev–Trinajstić information content (AvgIpc) is 3.62. The van der Waals surface area contributed by atoms with E-state index in [0.717, 1.165) is 10.9 Å². The number of aromatic amines is 2. The number of hydrogen-bond acceptors (Lipinski definition) is 8. The van der Waals surface area contributed by atoms with Gasteiger partial charge in [-0.15, -0.1) is 0 Å². The number of amides is 4. The minimum atomic E-state index is -1.46. The number of carbonyl (C=O) groups is 6. The molecule has 1 aromatic carbocycles. The molecule has 0 bridgehead atoms. The fraction of sp³-hybridized carbons (Fsp3) is 0.370. The molecule has 0 aliphatic rings. The highest BCUT2D eigenvalue weighted by atomic mass is 16.4. The Kier molecular flexibility index (Phi) is 11.3. The Labute approximate surface area is 245 Å². The molecule has 4 unspecified atom stereocenters. The second kappa shape index (κ2) is 15.1. The van der Waals surface area contributed by atoms with Gasteiger partial charge in [-0.1, -0.05) is 18.2 Å². The molecule has 2 heterocycles. The topological polar surface area (TPSA) is 275 Å². The molecule has 4 atom stereocenters. The zero-order valence-electron chi connectivity index (χ0n) is 23.0. The van der Waals surface area contributed by atoms with E-state index in [0.29, 0.717) is 11.3 Å². The molecule has 3 rings (SSSR count). The number of fused-ring (bicyclic) bond motifs is 1. The van der Waals surface area contributed by atoms with Crippen molar-refractivity contribution in [1.82, 2.24) is 30.9 Å². The van der Waals surface area contributed by atoms with Crippen LogP contribution in [0.2, 0.25) is 0 Å². The van der Waals surface area contributed by atoms with Gasteiger partial charge < -0.3 is 47.6 Å². The van der Waals surface area contributed by atoms with Gasteiger partial charge in [0, 0.05) is 54.7 Å². The van der Waals surface area contributed by atoms with Crippen LogP contribution in [-0.4, -0.2) is 84.9 Å². The number of carbonyl (C=O) groups excluding carboxylic acids is 4. The van der Waals surface area contributed by atoms with Crippen molar-refractivity contribution in [3.63, 3.8) is 0 Å². The summed E-state index contributed by atoms with van der Waals surface area (Å²) in [5.41, 5.74) is 12.8. The Morgan fingerprint density at radius 1 is 0.837 bits per heavy atom. The largest absolute Gasteiger partial charge is 0.481 e. The number of aromatic nitrogens is 3. The van der Waals surface area contributed by atoms with Crippen LogP contribution in [0, 0.1) is 0 Å². The highest BCUT2D eigenvalue weighted by Crippen LogP contribution is 2.19. The maximum absolute atomic E-state index is 13.4. The Morgan fingerprint density at radius 3 is 2.16 bits per heavy atom. The fourth-order valence-corrected chi connectivity index (χ4v) is 4.33. The summed E-state index contributed by atoms with van der Waals surface area (Å²) in [6, 6.07) is 1.88. The summed E-state index contributed by atoms with van der Waals surface area (Å²) in [6.07, 6.45) is 3.08. The van der Waals surface area contributed by atoms with E-state index in [-0.39, 0.29) is 32.1 Å². The van der Waals surface area contributed by atoms with Gasteiger partial charge in [-0.05, 0) is 24.5 Å². The lowest BCUT2D eigenvalue weighted by Crippen LogP contribution is -2.58. The molecule has 0 spiro atoms. The van der Waals surface area contributed by atoms with E-state index < -0.39 is 66.2 Å². The van der Waals surface area contributed by atoms with E-state index in [1.54, 1.807) is 18.3 Å². The van der Waals surface area contributed by atoms with E-state index in [1.165, 1.54) is 12.5 Å². The van der Waals surface area contributed by atoms with Crippen LogP contribution in [0.5, 0.6) is 0 Å². The highest BCUT2D eigenvalue weighted by Gasteiger charge is 2.31. The predicted octanol–water partition coefficient (Wildman–Crippen LogP) is -1.33. The van der Waals surface area contributed by atoms with E-state index in [4.69, 9.17) is 11.5 Å². The van der Waals surface area contributed by atoms with Crippen molar-refractivity contribution in [2.75, 3.05) is 0 Å². The molecule has 0 saturated heterocycles. The molecule has 0 aliphatic carbocycles. The molecule has 16 nitrogen and oxygen atoms in total. The fourth-order valence-electron chi connectivity index (χ4n) is 4.33. The lowest BCUT2D eigenvalue weighted by Gasteiger charge is -2.25. The number of imidazole rings is 1. The Morgan fingerprint density at radius 2 is 1.51 bits per heavy atom. The molecule has 16 heteroatoms. The maximum Gasteiger partial charge on any atom is 0.326 e. The molecule has 0 aliphatic heterocycles. The van der Waals surface area contributed by atoms with E-state index in [1.807, 2.05) is 12.1 Å². The van der Waals surface area contributed by atoms with Gasteiger partial charge in [0.05, 0.1) is 12.4 Å². The van der Waals surface area contributed by atoms with Crippen LogP contribution in [-0.2, 0) is 41.6 Å². The predicted molar refractivity (Wildman–Crippen MR) is 151 cm³/mol. The van der Waals surface area contributed by atoms with Crippen molar-refractivity contribution in [3.8, 4) is 0 Å². The number of nitrogens with two attached hydrogens (primary N) is 2. The summed E-state index contributed by atoms with van der Waals surface area (Å²) in [5.74, 6) is -5.80. The average molecular weight is 599 g/mol. The first-order chi connectivity index (χ1) is 20.4. The van der Waals surface area contributed by atoms with Crippen molar-refractivity contribution < 1.29 is 39.0 Å². The number of aliphatic carboxylic acids is 2. The minimum absolute atomic E-state index is 0.0732. The molecule has 3 aromatic rings. The molecule has 0 fully saturated rings. The Hall–Kier alpha value is -5.25. The maximum atomic E-state index is 13.4. The zero-order valence-corrected chi connectivity index (χ0v) is 23.0. The number of nitrogens with zero attached hydrogens (tertiary/aromatic N) is 1.